The normalized spacial score (nSPS) is 10.0. The van der Waals surface area contributed by atoms with Crippen LogP contribution in [-0.4, -0.2) is 10.0 Å². The van der Waals surface area contributed by atoms with Gasteiger partial charge in [0.15, 0.2) is 5.11 Å². The maximum absolute atomic E-state index is 13.5. The number of nitrogens with zero attached hydrogens (tertiary/aromatic N) is 1. The number of benzene rings is 2. The van der Waals surface area contributed by atoms with E-state index in [2.05, 4.69) is 10.6 Å². The lowest BCUT2D eigenvalue weighted by molar-refractivity contribution is -0.385. The zero-order chi connectivity index (χ0) is 15.4. The Morgan fingerprint density at radius 1 is 1.14 bits per heavy atom. The first-order chi connectivity index (χ1) is 9.99. The number of para-hydroxylation sites is 1. The molecule has 5 nitrogen and oxygen atoms in total. The zero-order valence-corrected chi connectivity index (χ0v) is 11.9. The average molecular weight is 305 g/mol. The van der Waals surface area contributed by atoms with Gasteiger partial charge in [-0.15, -0.1) is 0 Å². The first kappa shape index (κ1) is 14.9. The van der Waals surface area contributed by atoms with Crippen molar-refractivity contribution in [1.82, 2.24) is 0 Å². The number of hydrogen-bond acceptors (Lipinski definition) is 3. The molecule has 0 bridgehead atoms. The van der Waals surface area contributed by atoms with Crippen molar-refractivity contribution in [3.63, 3.8) is 0 Å². The summed E-state index contributed by atoms with van der Waals surface area (Å²) in [6.07, 6.45) is 0. The van der Waals surface area contributed by atoms with Crippen molar-refractivity contribution >= 4 is 34.4 Å². The van der Waals surface area contributed by atoms with Crippen LogP contribution in [0.4, 0.5) is 21.5 Å². The third-order valence-electron chi connectivity index (χ3n) is 2.87. The summed E-state index contributed by atoms with van der Waals surface area (Å²) < 4.78 is 13.5. The van der Waals surface area contributed by atoms with Crippen LogP contribution in [0.2, 0.25) is 0 Å². The molecule has 0 amide bonds. The Hall–Kier alpha value is -2.54. The number of nitro groups is 1. The Labute approximate surface area is 125 Å². The Kier molecular flexibility index (Phi) is 4.44. The summed E-state index contributed by atoms with van der Waals surface area (Å²) >= 11 is 5.09. The Morgan fingerprint density at radius 3 is 2.43 bits per heavy atom. The van der Waals surface area contributed by atoms with Gasteiger partial charge >= 0.3 is 0 Å². The minimum Gasteiger partial charge on any atom is -0.332 e. The van der Waals surface area contributed by atoms with Crippen LogP contribution in [0.1, 0.15) is 5.56 Å². The monoisotopic (exact) mass is 305 g/mol. The third-order valence-corrected chi connectivity index (χ3v) is 3.08. The third kappa shape index (κ3) is 3.51. The zero-order valence-electron chi connectivity index (χ0n) is 11.1. The number of thiocarbonyl (C=S) groups is 1. The summed E-state index contributed by atoms with van der Waals surface area (Å²) in [5.74, 6) is -0.433. The van der Waals surface area contributed by atoms with Gasteiger partial charge in [0.1, 0.15) is 5.82 Å². The SMILES string of the molecule is Cc1c(NC(=S)Nc2ccccc2F)cccc1[N+](=O)[O-]. The van der Waals surface area contributed by atoms with Gasteiger partial charge in [-0.25, -0.2) is 4.39 Å². The van der Waals surface area contributed by atoms with Crippen LogP contribution in [0, 0.1) is 22.9 Å². The van der Waals surface area contributed by atoms with Crippen LogP contribution in [0.5, 0.6) is 0 Å². The molecule has 0 spiro atoms. The van der Waals surface area contributed by atoms with Gasteiger partial charge in [0.2, 0.25) is 0 Å². The molecule has 2 aromatic carbocycles. The smallest absolute Gasteiger partial charge is 0.274 e. The quantitative estimate of drug-likeness (QED) is 0.512. The molecule has 2 rings (SSSR count). The summed E-state index contributed by atoms with van der Waals surface area (Å²) in [5, 5.41) is 16.6. The molecule has 2 N–H and O–H groups in total. The van der Waals surface area contributed by atoms with Gasteiger partial charge in [0.25, 0.3) is 5.69 Å². The lowest BCUT2D eigenvalue weighted by Crippen LogP contribution is -2.20. The van der Waals surface area contributed by atoms with Crippen molar-refractivity contribution < 1.29 is 9.31 Å². The van der Waals surface area contributed by atoms with Crippen molar-refractivity contribution in [2.24, 2.45) is 0 Å². The Bertz CT molecular complexity index is 706. The predicted molar refractivity (Wildman–Crippen MR) is 84.1 cm³/mol. The first-order valence-corrected chi connectivity index (χ1v) is 6.46. The van der Waals surface area contributed by atoms with E-state index in [-0.39, 0.29) is 16.5 Å². The van der Waals surface area contributed by atoms with Crippen molar-refractivity contribution in [3.8, 4) is 0 Å². The number of nitro benzene ring substituents is 1. The fourth-order valence-electron chi connectivity index (χ4n) is 1.80. The number of anilines is 2. The van der Waals surface area contributed by atoms with E-state index in [0.29, 0.717) is 11.3 Å². The average Bonchev–Trinajstić information content (AvgIpc) is 2.43. The molecule has 7 heteroatoms. The molecular weight excluding hydrogens is 293 g/mol. The molecule has 0 aliphatic rings. The Morgan fingerprint density at radius 2 is 1.76 bits per heavy atom. The van der Waals surface area contributed by atoms with Crippen molar-refractivity contribution in [2.45, 2.75) is 6.92 Å². The van der Waals surface area contributed by atoms with Gasteiger partial charge in [-0.1, -0.05) is 18.2 Å². The summed E-state index contributed by atoms with van der Waals surface area (Å²) in [4.78, 5) is 10.4. The molecule has 0 atom stereocenters. The maximum atomic E-state index is 13.5. The molecule has 0 unspecified atom stereocenters. The largest absolute Gasteiger partial charge is 0.332 e. The van der Waals surface area contributed by atoms with Crippen molar-refractivity contribution in [3.05, 3.63) is 64.0 Å². The second-order valence-electron chi connectivity index (χ2n) is 4.27. The molecule has 21 heavy (non-hydrogen) atoms. The molecule has 0 aliphatic carbocycles. The van der Waals surface area contributed by atoms with Gasteiger partial charge < -0.3 is 10.6 Å². The second-order valence-corrected chi connectivity index (χ2v) is 4.67. The highest BCUT2D eigenvalue weighted by molar-refractivity contribution is 7.80. The standard InChI is InChI=1S/C14H12FN3O2S/c1-9-11(7-4-8-13(9)18(19)20)16-14(21)17-12-6-3-2-5-10(12)15/h2-8H,1H3,(H2,16,17,21). The molecular formula is C14H12FN3O2S. The summed E-state index contributed by atoms with van der Waals surface area (Å²) in [6.45, 7) is 1.62. The van der Waals surface area contributed by atoms with Crippen LogP contribution < -0.4 is 10.6 Å². The molecule has 0 saturated carbocycles. The second kappa shape index (κ2) is 6.27. The van der Waals surface area contributed by atoms with Crippen LogP contribution in [0.25, 0.3) is 0 Å². The van der Waals surface area contributed by atoms with Crippen molar-refractivity contribution in [1.29, 1.82) is 0 Å². The molecule has 108 valence electrons. The Balaban J connectivity index is 2.15. The van der Waals surface area contributed by atoms with E-state index < -0.39 is 10.7 Å². The van der Waals surface area contributed by atoms with E-state index in [1.54, 1.807) is 37.3 Å². The van der Waals surface area contributed by atoms with Gasteiger partial charge in [-0.05, 0) is 37.3 Å². The van der Waals surface area contributed by atoms with Gasteiger partial charge in [-0.3, -0.25) is 10.1 Å². The highest BCUT2D eigenvalue weighted by Crippen LogP contribution is 2.25. The number of halogens is 1. The van der Waals surface area contributed by atoms with E-state index in [1.165, 1.54) is 12.1 Å². The lowest BCUT2D eigenvalue weighted by atomic mass is 10.1. The summed E-state index contributed by atoms with van der Waals surface area (Å²) in [5.41, 5.74) is 1.19. The number of hydrogen-bond donors (Lipinski definition) is 2. The minimum absolute atomic E-state index is 0.00584. The van der Waals surface area contributed by atoms with E-state index in [9.17, 15) is 14.5 Å². The fourth-order valence-corrected chi connectivity index (χ4v) is 2.02. The maximum Gasteiger partial charge on any atom is 0.274 e. The van der Waals surface area contributed by atoms with Crippen molar-refractivity contribution in [2.75, 3.05) is 10.6 Å². The number of rotatable bonds is 3. The predicted octanol–water partition coefficient (Wildman–Crippen LogP) is 3.85. The summed E-state index contributed by atoms with van der Waals surface area (Å²) in [7, 11) is 0. The van der Waals surface area contributed by atoms with E-state index >= 15 is 0 Å². The molecule has 0 aromatic heterocycles. The first-order valence-electron chi connectivity index (χ1n) is 6.05. The van der Waals surface area contributed by atoms with Gasteiger partial charge in [0, 0.05) is 6.07 Å². The van der Waals surface area contributed by atoms with Crippen LogP contribution in [-0.2, 0) is 0 Å². The molecule has 0 fully saturated rings. The highest BCUT2D eigenvalue weighted by Gasteiger charge is 2.14. The van der Waals surface area contributed by atoms with Crippen LogP contribution >= 0.6 is 12.2 Å². The topological polar surface area (TPSA) is 67.2 Å². The number of nitrogens with one attached hydrogen (secondary N) is 2. The van der Waals surface area contributed by atoms with Crippen LogP contribution in [0.15, 0.2) is 42.5 Å². The minimum atomic E-state index is -0.464. The van der Waals surface area contributed by atoms with Gasteiger partial charge in [0.05, 0.1) is 21.9 Å². The molecule has 2 aromatic rings. The van der Waals surface area contributed by atoms with Crippen LogP contribution in [0.3, 0.4) is 0 Å². The molecule has 0 radical (unpaired) electrons. The molecule has 0 heterocycles. The highest BCUT2D eigenvalue weighted by atomic mass is 32.1. The van der Waals surface area contributed by atoms with Gasteiger partial charge in [-0.2, -0.15) is 0 Å². The van der Waals surface area contributed by atoms with E-state index in [0.717, 1.165) is 0 Å². The molecule has 0 aliphatic heterocycles. The lowest BCUT2D eigenvalue weighted by Gasteiger charge is -2.12. The van der Waals surface area contributed by atoms with E-state index in [1.807, 2.05) is 0 Å². The molecule has 0 saturated heterocycles. The summed E-state index contributed by atoms with van der Waals surface area (Å²) in [6, 6.07) is 10.7. The fraction of sp³-hybridized carbons (Fsp3) is 0.0714. The van der Waals surface area contributed by atoms with E-state index in [4.69, 9.17) is 12.2 Å².